The van der Waals surface area contributed by atoms with Gasteiger partial charge in [-0.3, -0.25) is 0 Å². The number of benzene rings is 2. The fourth-order valence-electron chi connectivity index (χ4n) is 2.21. The topological polar surface area (TPSA) is 44.4 Å². The number of nitrogens with zero attached hydrogens (tertiary/aromatic N) is 1. The first-order valence-electron chi connectivity index (χ1n) is 7.63. The lowest BCUT2D eigenvalue weighted by atomic mass is 10.2. The Morgan fingerprint density at radius 1 is 1.04 bits per heavy atom. The fraction of sp³-hybridized carbons (Fsp3) is 0.278. The number of rotatable bonds is 7. The van der Waals surface area contributed by atoms with Crippen LogP contribution in [0.1, 0.15) is 11.1 Å². The van der Waals surface area contributed by atoms with E-state index in [1.165, 1.54) is 5.56 Å². The molecule has 0 aromatic heterocycles. The molecule has 0 saturated carbocycles. The average molecular weight is 332 g/mol. The lowest BCUT2D eigenvalue weighted by Crippen LogP contribution is -2.39. The molecule has 2 amide bonds. The van der Waals surface area contributed by atoms with E-state index in [4.69, 9.17) is 11.6 Å². The van der Waals surface area contributed by atoms with Crippen LogP contribution in [-0.4, -0.2) is 31.1 Å². The summed E-state index contributed by atoms with van der Waals surface area (Å²) < 4.78 is 0. The van der Waals surface area contributed by atoms with Gasteiger partial charge in [0.25, 0.3) is 0 Å². The molecule has 0 bridgehead atoms. The summed E-state index contributed by atoms with van der Waals surface area (Å²) in [7, 11) is 2.04. The zero-order chi connectivity index (χ0) is 16.5. The molecule has 0 fully saturated rings. The summed E-state index contributed by atoms with van der Waals surface area (Å²) in [6.45, 7) is 2.67. The summed E-state index contributed by atoms with van der Waals surface area (Å²) in [5.74, 6) is 0. The third-order valence-electron chi connectivity index (χ3n) is 3.47. The van der Waals surface area contributed by atoms with Crippen molar-refractivity contribution in [1.82, 2.24) is 15.5 Å². The largest absolute Gasteiger partial charge is 0.337 e. The normalized spacial score (nSPS) is 10.6. The molecule has 122 valence electrons. The Balaban J connectivity index is 1.64. The number of urea groups is 1. The molecule has 0 atom stereocenters. The standard InChI is InChI=1S/C18H22ClN3O/c1-22(14-15-7-3-2-4-8-15)12-11-20-18(23)21-13-16-9-5-6-10-17(16)19/h2-10H,11-14H2,1H3,(H2,20,21,23). The summed E-state index contributed by atoms with van der Waals surface area (Å²) in [5.41, 5.74) is 2.17. The van der Waals surface area contributed by atoms with Crippen LogP contribution in [0.25, 0.3) is 0 Å². The highest BCUT2D eigenvalue weighted by Gasteiger charge is 2.04. The SMILES string of the molecule is CN(CCNC(=O)NCc1ccccc1Cl)Cc1ccccc1. The van der Waals surface area contributed by atoms with Gasteiger partial charge < -0.3 is 15.5 Å². The third-order valence-corrected chi connectivity index (χ3v) is 3.84. The third kappa shape index (κ3) is 6.30. The van der Waals surface area contributed by atoms with Gasteiger partial charge in [-0.05, 0) is 24.2 Å². The highest BCUT2D eigenvalue weighted by atomic mass is 35.5. The van der Waals surface area contributed by atoms with Crippen LogP contribution in [0.5, 0.6) is 0 Å². The molecule has 0 aliphatic heterocycles. The van der Waals surface area contributed by atoms with Gasteiger partial charge in [-0.1, -0.05) is 60.1 Å². The van der Waals surface area contributed by atoms with E-state index in [0.29, 0.717) is 18.1 Å². The molecule has 0 heterocycles. The van der Waals surface area contributed by atoms with E-state index < -0.39 is 0 Å². The maximum absolute atomic E-state index is 11.8. The first-order chi connectivity index (χ1) is 11.1. The molecule has 4 nitrogen and oxygen atoms in total. The predicted octanol–water partition coefficient (Wildman–Crippen LogP) is 3.27. The van der Waals surface area contributed by atoms with Crippen LogP contribution in [-0.2, 0) is 13.1 Å². The molecule has 2 aromatic carbocycles. The highest BCUT2D eigenvalue weighted by Crippen LogP contribution is 2.14. The Hall–Kier alpha value is -2.04. The van der Waals surface area contributed by atoms with Crippen molar-refractivity contribution in [3.8, 4) is 0 Å². The van der Waals surface area contributed by atoms with Crippen molar-refractivity contribution in [1.29, 1.82) is 0 Å². The fourth-order valence-corrected chi connectivity index (χ4v) is 2.42. The van der Waals surface area contributed by atoms with Gasteiger partial charge in [-0.2, -0.15) is 0 Å². The van der Waals surface area contributed by atoms with Crippen LogP contribution in [0.15, 0.2) is 54.6 Å². The van der Waals surface area contributed by atoms with Crippen molar-refractivity contribution in [3.63, 3.8) is 0 Å². The molecule has 0 aliphatic rings. The lowest BCUT2D eigenvalue weighted by molar-refractivity contribution is 0.237. The molecular formula is C18H22ClN3O. The van der Waals surface area contributed by atoms with Crippen LogP contribution < -0.4 is 10.6 Å². The zero-order valence-corrected chi connectivity index (χ0v) is 14.0. The minimum atomic E-state index is -0.182. The van der Waals surface area contributed by atoms with E-state index in [1.807, 2.05) is 49.5 Å². The maximum Gasteiger partial charge on any atom is 0.315 e. The van der Waals surface area contributed by atoms with Crippen molar-refractivity contribution in [3.05, 3.63) is 70.7 Å². The van der Waals surface area contributed by atoms with Gasteiger partial charge in [0.2, 0.25) is 0 Å². The zero-order valence-electron chi connectivity index (χ0n) is 13.3. The lowest BCUT2D eigenvalue weighted by Gasteiger charge is -2.17. The van der Waals surface area contributed by atoms with Gasteiger partial charge in [-0.25, -0.2) is 4.79 Å². The van der Waals surface area contributed by atoms with E-state index >= 15 is 0 Å². The smallest absolute Gasteiger partial charge is 0.315 e. The van der Waals surface area contributed by atoms with Crippen LogP contribution in [0.3, 0.4) is 0 Å². The summed E-state index contributed by atoms with van der Waals surface area (Å²) in [5, 5.41) is 6.33. The molecule has 2 rings (SSSR count). The summed E-state index contributed by atoms with van der Waals surface area (Å²) in [6.07, 6.45) is 0. The first-order valence-corrected chi connectivity index (χ1v) is 8.00. The number of halogens is 1. The molecule has 2 N–H and O–H groups in total. The van der Waals surface area contributed by atoms with Gasteiger partial charge in [-0.15, -0.1) is 0 Å². The Morgan fingerprint density at radius 2 is 1.74 bits per heavy atom. The molecular weight excluding hydrogens is 310 g/mol. The van der Waals surface area contributed by atoms with Gasteiger partial charge in [0, 0.05) is 31.2 Å². The highest BCUT2D eigenvalue weighted by molar-refractivity contribution is 6.31. The number of amides is 2. The first kappa shape index (κ1) is 17.3. The van der Waals surface area contributed by atoms with Crippen molar-refractivity contribution in [2.24, 2.45) is 0 Å². The van der Waals surface area contributed by atoms with E-state index in [9.17, 15) is 4.79 Å². The average Bonchev–Trinajstić information content (AvgIpc) is 2.55. The summed E-state index contributed by atoms with van der Waals surface area (Å²) in [4.78, 5) is 14.0. The minimum Gasteiger partial charge on any atom is -0.337 e. The van der Waals surface area contributed by atoms with Crippen LogP contribution >= 0.6 is 11.6 Å². The minimum absolute atomic E-state index is 0.182. The van der Waals surface area contributed by atoms with Crippen LogP contribution in [0.4, 0.5) is 4.79 Å². The van der Waals surface area contributed by atoms with E-state index in [1.54, 1.807) is 0 Å². The van der Waals surface area contributed by atoms with E-state index in [2.05, 4.69) is 27.7 Å². The maximum atomic E-state index is 11.8. The monoisotopic (exact) mass is 331 g/mol. The number of carbonyl (C=O) groups excluding carboxylic acids is 1. The number of hydrogen-bond acceptors (Lipinski definition) is 2. The second-order valence-electron chi connectivity index (χ2n) is 5.42. The molecule has 0 saturated heterocycles. The summed E-state index contributed by atoms with van der Waals surface area (Å²) >= 11 is 6.05. The second-order valence-corrected chi connectivity index (χ2v) is 5.83. The molecule has 2 aromatic rings. The van der Waals surface area contributed by atoms with Crippen molar-refractivity contribution in [2.45, 2.75) is 13.1 Å². The van der Waals surface area contributed by atoms with Gasteiger partial charge in [0.05, 0.1) is 0 Å². The molecule has 5 heteroatoms. The van der Waals surface area contributed by atoms with Gasteiger partial charge in [0.15, 0.2) is 0 Å². The molecule has 23 heavy (non-hydrogen) atoms. The van der Waals surface area contributed by atoms with Crippen LogP contribution in [0, 0.1) is 0 Å². The number of carbonyl (C=O) groups is 1. The van der Waals surface area contributed by atoms with E-state index in [-0.39, 0.29) is 6.03 Å². The van der Waals surface area contributed by atoms with E-state index in [0.717, 1.165) is 18.7 Å². The predicted molar refractivity (Wildman–Crippen MR) is 94.5 cm³/mol. The Labute approximate surface area is 142 Å². The number of hydrogen-bond donors (Lipinski definition) is 2. The Kier molecular flexibility index (Phi) is 6.91. The quantitative estimate of drug-likeness (QED) is 0.818. The van der Waals surface area contributed by atoms with Crippen molar-refractivity contribution in [2.75, 3.05) is 20.1 Å². The van der Waals surface area contributed by atoms with Crippen molar-refractivity contribution >= 4 is 17.6 Å². The Morgan fingerprint density at radius 3 is 2.48 bits per heavy atom. The second kappa shape index (κ2) is 9.18. The van der Waals surface area contributed by atoms with Gasteiger partial charge in [0.1, 0.15) is 0 Å². The number of likely N-dealkylation sites (N-methyl/N-ethyl adjacent to an activating group) is 1. The molecule has 0 radical (unpaired) electrons. The number of nitrogens with one attached hydrogen (secondary N) is 2. The van der Waals surface area contributed by atoms with Crippen LogP contribution in [0.2, 0.25) is 5.02 Å². The molecule has 0 aliphatic carbocycles. The molecule has 0 spiro atoms. The summed E-state index contributed by atoms with van der Waals surface area (Å²) in [6, 6.07) is 17.6. The van der Waals surface area contributed by atoms with Gasteiger partial charge >= 0.3 is 6.03 Å². The molecule has 0 unspecified atom stereocenters. The Bertz CT molecular complexity index is 619. The van der Waals surface area contributed by atoms with Crippen molar-refractivity contribution < 1.29 is 4.79 Å².